The summed E-state index contributed by atoms with van der Waals surface area (Å²) in [6.45, 7) is 10.4. The molecule has 0 aliphatic carbocycles. The zero-order chi connectivity index (χ0) is 28.4. The van der Waals surface area contributed by atoms with Gasteiger partial charge in [0.1, 0.15) is 17.2 Å². The summed E-state index contributed by atoms with van der Waals surface area (Å²) in [6, 6.07) is 12.6. The highest BCUT2D eigenvalue weighted by molar-refractivity contribution is 6.04. The molecule has 2 aromatic carbocycles. The van der Waals surface area contributed by atoms with E-state index in [0.29, 0.717) is 28.6 Å². The summed E-state index contributed by atoms with van der Waals surface area (Å²) in [5, 5.41) is 11.5. The number of rotatable bonds is 10. The van der Waals surface area contributed by atoms with E-state index in [9.17, 15) is 9.59 Å². The Morgan fingerprint density at radius 1 is 1.08 bits per heavy atom. The van der Waals surface area contributed by atoms with Crippen molar-refractivity contribution in [2.75, 3.05) is 31.0 Å². The lowest BCUT2D eigenvalue weighted by Crippen LogP contribution is -2.39. The maximum absolute atomic E-state index is 13.0. The Balaban J connectivity index is 1.41. The third-order valence-corrected chi connectivity index (χ3v) is 7.04. The van der Waals surface area contributed by atoms with Crippen LogP contribution < -0.4 is 19.7 Å². The van der Waals surface area contributed by atoms with Crippen molar-refractivity contribution in [1.29, 1.82) is 0 Å². The normalized spacial score (nSPS) is 15.9. The molecule has 1 aliphatic rings. The van der Waals surface area contributed by atoms with Crippen LogP contribution >= 0.6 is 0 Å². The van der Waals surface area contributed by atoms with Crippen molar-refractivity contribution in [3.63, 3.8) is 0 Å². The highest BCUT2D eigenvalue weighted by atomic mass is 16.5. The van der Waals surface area contributed by atoms with Crippen molar-refractivity contribution in [3.05, 3.63) is 48.7 Å². The van der Waals surface area contributed by atoms with Crippen LogP contribution in [0.4, 0.5) is 11.4 Å². The molecule has 1 aliphatic heterocycles. The number of nitrogens with one attached hydrogen (secondary N) is 1. The summed E-state index contributed by atoms with van der Waals surface area (Å²) in [4.78, 5) is 27.4. The van der Waals surface area contributed by atoms with Crippen LogP contribution in [0.5, 0.6) is 11.5 Å². The lowest BCUT2D eigenvalue weighted by molar-refractivity contribution is -0.174. The minimum absolute atomic E-state index is 0.111. The van der Waals surface area contributed by atoms with Gasteiger partial charge in [-0.25, -0.2) is 4.68 Å². The van der Waals surface area contributed by atoms with E-state index in [2.05, 4.69) is 22.6 Å². The van der Waals surface area contributed by atoms with Gasteiger partial charge in [0.15, 0.2) is 5.72 Å². The van der Waals surface area contributed by atoms with E-state index in [4.69, 9.17) is 14.2 Å². The minimum Gasteiger partial charge on any atom is -0.497 e. The van der Waals surface area contributed by atoms with Gasteiger partial charge >= 0.3 is 0 Å². The monoisotopic (exact) mass is 535 g/mol. The van der Waals surface area contributed by atoms with E-state index in [1.807, 2.05) is 58.2 Å². The fourth-order valence-corrected chi connectivity index (χ4v) is 4.55. The van der Waals surface area contributed by atoms with Gasteiger partial charge < -0.3 is 24.4 Å². The first-order valence-electron chi connectivity index (χ1n) is 13.0. The fourth-order valence-electron chi connectivity index (χ4n) is 4.55. The van der Waals surface area contributed by atoms with Gasteiger partial charge in [-0.3, -0.25) is 9.59 Å². The maximum atomic E-state index is 13.0. The van der Waals surface area contributed by atoms with Crippen molar-refractivity contribution in [3.8, 4) is 22.8 Å². The van der Waals surface area contributed by atoms with E-state index in [0.717, 1.165) is 12.0 Å². The average molecular weight is 536 g/mol. The maximum Gasteiger partial charge on any atom is 0.229 e. The van der Waals surface area contributed by atoms with E-state index < -0.39 is 11.6 Å². The van der Waals surface area contributed by atoms with Crippen molar-refractivity contribution >= 4 is 23.2 Å². The van der Waals surface area contributed by atoms with Crippen LogP contribution in [0.15, 0.2) is 48.7 Å². The number of methoxy groups -OCH3 is 2. The number of ether oxygens (including phenoxy) is 3. The molecule has 1 aromatic heterocycles. The Bertz CT molecular complexity index is 1330. The quantitative estimate of drug-likeness (QED) is 0.395. The molecule has 39 heavy (non-hydrogen) atoms. The van der Waals surface area contributed by atoms with Crippen molar-refractivity contribution in [2.24, 2.45) is 5.92 Å². The molecule has 1 unspecified atom stereocenters. The second kappa shape index (κ2) is 11.1. The Morgan fingerprint density at radius 2 is 1.79 bits per heavy atom. The summed E-state index contributed by atoms with van der Waals surface area (Å²) in [5.41, 5.74) is 1.81. The fraction of sp³-hybridized carbons (Fsp3) is 0.448. The molecule has 0 bridgehead atoms. The third-order valence-electron chi connectivity index (χ3n) is 7.04. The van der Waals surface area contributed by atoms with Crippen LogP contribution in [0.25, 0.3) is 11.3 Å². The molecule has 0 spiro atoms. The van der Waals surface area contributed by atoms with Crippen LogP contribution in [-0.4, -0.2) is 53.2 Å². The lowest BCUT2D eigenvalue weighted by Gasteiger charge is -2.35. The number of carbonyl (C=O) groups is 2. The van der Waals surface area contributed by atoms with Crippen molar-refractivity contribution in [2.45, 2.75) is 58.8 Å². The molecule has 2 amide bonds. The van der Waals surface area contributed by atoms with Gasteiger partial charge in [-0.05, 0) is 58.4 Å². The van der Waals surface area contributed by atoms with Crippen LogP contribution in [-0.2, 0) is 20.1 Å². The number of amides is 2. The molecule has 0 saturated carbocycles. The molecular formula is C29H37N5O5. The highest BCUT2D eigenvalue weighted by Gasteiger charge is 2.36. The predicted octanol–water partition coefficient (Wildman–Crippen LogP) is 4.85. The molecule has 4 rings (SSSR count). The predicted molar refractivity (Wildman–Crippen MR) is 149 cm³/mol. The molecule has 0 radical (unpaired) electrons. The molecule has 10 heteroatoms. The molecule has 1 N–H and O–H groups in total. The number of anilines is 2. The summed E-state index contributed by atoms with van der Waals surface area (Å²) in [6.07, 6.45) is 2.83. The van der Waals surface area contributed by atoms with Gasteiger partial charge in [-0.15, -0.1) is 5.10 Å². The van der Waals surface area contributed by atoms with Crippen molar-refractivity contribution < 1.29 is 23.8 Å². The Hall–Kier alpha value is -3.92. The van der Waals surface area contributed by atoms with Gasteiger partial charge in [0.05, 0.1) is 37.6 Å². The van der Waals surface area contributed by atoms with Crippen LogP contribution in [0.1, 0.15) is 47.5 Å². The van der Waals surface area contributed by atoms with Crippen LogP contribution in [0, 0.1) is 5.92 Å². The summed E-state index contributed by atoms with van der Waals surface area (Å²) in [7, 11) is 3.10. The SMILES string of the molecule is CCC(C)(C)OC(C)(C)n1cc(-c2ccc(NC(=O)C3CC(=O)N(c4cc(OC)ccc4OC)C3)cc2)nn1. The number of carbonyl (C=O) groups excluding carboxylic acids is 2. The lowest BCUT2D eigenvalue weighted by atomic mass is 10.1. The molecule has 10 nitrogen and oxygen atoms in total. The first-order chi connectivity index (χ1) is 18.5. The first-order valence-corrected chi connectivity index (χ1v) is 13.0. The summed E-state index contributed by atoms with van der Waals surface area (Å²) < 4.78 is 18.7. The van der Waals surface area contributed by atoms with E-state index in [1.165, 1.54) is 0 Å². The molecule has 3 aromatic rings. The Kier molecular flexibility index (Phi) is 7.96. The Labute approximate surface area is 229 Å². The minimum atomic E-state index is -0.666. The number of nitrogens with zero attached hydrogens (tertiary/aromatic N) is 4. The van der Waals surface area contributed by atoms with Crippen LogP contribution in [0.2, 0.25) is 0 Å². The Morgan fingerprint density at radius 3 is 2.44 bits per heavy atom. The topological polar surface area (TPSA) is 108 Å². The first kappa shape index (κ1) is 28.1. The summed E-state index contributed by atoms with van der Waals surface area (Å²) in [5.74, 6) is 0.287. The standard InChI is InChI=1S/C29H37N5O5/c1-8-28(2,3)39-29(4,5)34-18-23(31-32-34)19-9-11-21(12-10-19)30-27(36)20-15-26(35)33(17-20)24-16-22(37-6)13-14-25(24)38-7/h9-14,16,18,20H,8,15,17H2,1-7H3,(H,30,36). The highest BCUT2D eigenvalue weighted by Crippen LogP contribution is 2.36. The van der Waals surface area contributed by atoms with Crippen molar-refractivity contribution in [1.82, 2.24) is 15.0 Å². The van der Waals surface area contributed by atoms with Gasteiger partial charge in [0.2, 0.25) is 11.8 Å². The molecule has 1 fully saturated rings. The smallest absolute Gasteiger partial charge is 0.229 e. The third kappa shape index (κ3) is 6.22. The molecule has 2 heterocycles. The molecule has 208 valence electrons. The van der Waals surface area contributed by atoms with Gasteiger partial charge in [-0.2, -0.15) is 0 Å². The number of benzene rings is 2. The van der Waals surface area contributed by atoms with E-state index in [-0.39, 0.29) is 30.4 Å². The molecule has 1 saturated heterocycles. The van der Waals surface area contributed by atoms with Gasteiger partial charge in [-0.1, -0.05) is 24.3 Å². The largest absolute Gasteiger partial charge is 0.497 e. The number of hydrogen-bond donors (Lipinski definition) is 1. The molecular weight excluding hydrogens is 498 g/mol. The average Bonchev–Trinajstić information content (AvgIpc) is 3.56. The zero-order valence-electron chi connectivity index (χ0n) is 23.6. The zero-order valence-corrected chi connectivity index (χ0v) is 23.6. The summed E-state index contributed by atoms with van der Waals surface area (Å²) >= 11 is 0. The van der Waals surface area contributed by atoms with Gasteiger partial charge in [0.25, 0.3) is 0 Å². The number of hydrogen-bond acceptors (Lipinski definition) is 7. The van der Waals surface area contributed by atoms with Gasteiger partial charge in [0, 0.05) is 30.3 Å². The van der Waals surface area contributed by atoms with Crippen LogP contribution in [0.3, 0.4) is 0 Å². The molecule has 1 atom stereocenters. The number of aromatic nitrogens is 3. The second-order valence-electron chi connectivity index (χ2n) is 10.7. The van der Waals surface area contributed by atoms with E-state index in [1.54, 1.807) is 42.0 Å². The van der Waals surface area contributed by atoms with E-state index >= 15 is 0 Å². The second-order valence-corrected chi connectivity index (χ2v) is 10.7.